The van der Waals surface area contributed by atoms with Crippen molar-refractivity contribution >= 4 is 21.5 Å². The van der Waals surface area contributed by atoms with Crippen LogP contribution in [0.25, 0.3) is 0 Å². The van der Waals surface area contributed by atoms with Gasteiger partial charge in [0.05, 0.1) is 23.3 Å². The first kappa shape index (κ1) is 20.1. The smallest absolute Gasteiger partial charge is 1.00 e. The van der Waals surface area contributed by atoms with Gasteiger partial charge in [-0.05, 0) is 36.4 Å². The minimum absolute atomic E-state index is 0. The van der Waals surface area contributed by atoms with Gasteiger partial charge in [-0.15, -0.1) is 5.11 Å². The van der Waals surface area contributed by atoms with Crippen LogP contribution in [0, 0.1) is 11.3 Å². The summed E-state index contributed by atoms with van der Waals surface area (Å²) in [5.41, 5.74) is 0.382. The van der Waals surface area contributed by atoms with E-state index in [1.54, 1.807) is 6.07 Å². The Kier molecular flexibility index (Phi) is 6.89. The Labute approximate surface area is 161 Å². The summed E-state index contributed by atoms with van der Waals surface area (Å²) in [4.78, 5) is -0.351. The maximum atomic E-state index is 11.2. The quantitative estimate of drug-likeness (QED) is 0.451. The molecule has 120 valence electrons. The third kappa shape index (κ3) is 4.77. The maximum absolute atomic E-state index is 11.2. The van der Waals surface area contributed by atoms with Crippen LogP contribution in [-0.2, 0) is 10.1 Å². The van der Waals surface area contributed by atoms with Crippen LogP contribution in [0.5, 0.6) is 11.5 Å². The van der Waals surface area contributed by atoms with E-state index >= 15 is 0 Å². The fourth-order valence-corrected chi connectivity index (χ4v) is 2.20. The van der Waals surface area contributed by atoms with Gasteiger partial charge in [0.1, 0.15) is 23.3 Å². The number of hydrogen-bond acceptors (Lipinski definition) is 7. The minimum Gasteiger partial charge on any atom is -1.00 e. The Bertz CT molecular complexity index is 929. The van der Waals surface area contributed by atoms with Crippen molar-refractivity contribution in [1.29, 1.82) is 5.26 Å². The van der Waals surface area contributed by atoms with Crippen molar-refractivity contribution in [3.63, 3.8) is 0 Å². The monoisotopic (exact) mass is 357 g/mol. The second kappa shape index (κ2) is 8.23. The van der Waals surface area contributed by atoms with E-state index in [-0.39, 0.29) is 64.3 Å². The molecule has 0 radical (unpaired) electrons. The van der Waals surface area contributed by atoms with Crippen molar-refractivity contribution in [2.75, 3.05) is 7.11 Å². The van der Waals surface area contributed by atoms with Gasteiger partial charge in [-0.3, -0.25) is 4.55 Å². The fourth-order valence-electron chi connectivity index (χ4n) is 1.70. The van der Waals surface area contributed by atoms with Crippen molar-refractivity contribution < 1.29 is 53.8 Å². The standard InChI is InChI=1S/C14H11N3O5S.Na.H/c1-22-14-5-3-11(23(19,20)21)7-12(14)17-16-10-2-4-13(18)9(6-10)8-15;;/h2-7,18H,1H3,(H,19,20,21);;/q;+1;-1. The number of hydrogen-bond donors (Lipinski definition) is 2. The van der Waals surface area contributed by atoms with Crippen molar-refractivity contribution in [2.45, 2.75) is 4.90 Å². The number of phenols is 1. The van der Waals surface area contributed by atoms with Gasteiger partial charge in [-0.2, -0.15) is 18.8 Å². The number of nitrogens with zero attached hydrogens (tertiary/aromatic N) is 3. The van der Waals surface area contributed by atoms with Crippen LogP contribution in [0.2, 0.25) is 0 Å². The molecule has 0 atom stereocenters. The Balaban J connectivity index is 0.00000288. The van der Waals surface area contributed by atoms with E-state index in [1.807, 2.05) is 0 Å². The van der Waals surface area contributed by atoms with Gasteiger partial charge < -0.3 is 11.3 Å². The topological polar surface area (TPSA) is 132 Å². The Morgan fingerprint density at radius 1 is 1.21 bits per heavy atom. The van der Waals surface area contributed by atoms with E-state index in [0.717, 1.165) is 6.07 Å². The number of benzene rings is 2. The molecule has 0 unspecified atom stereocenters. The summed E-state index contributed by atoms with van der Waals surface area (Å²) in [6.45, 7) is 0. The summed E-state index contributed by atoms with van der Waals surface area (Å²) >= 11 is 0. The van der Waals surface area contributed by atoms with Crippen LogP contribution >= 0.6 is 0 Å². The average molecular weight is 357 g/mol. The SMILES string of the molecule is COc1ccc(S(=O)(=O)O)cc1N=Nc1ccc(O)c(C#N)c1.[H-].[Na+]. The molecule has 10 heteroatoms. The molecule has 0 bridgehead atoms. The van der Waals surface area contributed by atoms with E-state index in [0.29, 0.717) is 0 Å². The molecule has 2 N–H and O–H groups in total. The number of azo groups is 1. The second-order valence-corrected chi connectivity index (χ2v) is 5.74. The van der Waals surface area contributed by atoms with Crippen LogP contribution in [0.4, 0.5) is 11.4 Å². The van der Waals surface area contributed by atoms with E-state index in [2.05, 4.69) is 10.2 Å². The van der Waals surface area contributed by atoms with Gasteiger partial charge in [0.25, 0.3) is 10.1 Å². The van der Waals surface area contributed by atoms with Crippen LogP contribution in [0.3, 0.4) is 0 Å². The molecule has 0 saturated heterocycles. The number of nitriles is 1. The first-order valence-corrected chi connectivity index (χ1v) is 7.59. The number of aromatic hydroxyl groups is 1. The van der Waals surface area contributed by atoms with Crippen molar-refractivity contribution in [2.24, 2.45) is 10.2 Å². The predicted molar refractivity (Wildman–Crippen MR) is 80.9 cm³/mol. The van der Waals surface area contributed by atoms with E-state index < -0.39 is 10.1 Å². The third-order valence-corrected chi connectivity index (χ3v) is 3.67. The van der Waals surface area contributed by atoms with Crippen LogP contribution < -0.4 is 34.3 Å². The summed E-state index contributed by atoms with van der Waals surface area (Å²) in [6.07, 6.45) is 0. The van der Waals surface area contributed by atoms with Crippen molar-refractivity contribution in [3.8, 4) is 17.6 Å². The van der Waals surface area contributed by atoms with E-state index in [4.69, 9.17) is 14.6 Å². The molecule has 0 spiro atoms. The van der Waals surface area contributed by atoms with Crippen molar-refractivity contribution in [1.82, 2.24) is 0 Å². The molecule has 2 aromatic carbocycles. The maximum Gasteiger partial charge on any atom is 1.00 e. The number of ether oxygens (including phenoxy) is 1. The average Bonchev–Trinajstić information content (AvgIpc) is 2.52. The van der Waals surface area contributed by atoms with Crippen LogP contribution in [0.15, 0.2) is 51.5 Å². The molecule has 0 aliphatic rings. The molecule has 0 saturated carbocycles. The molecule has 0 aliphatic heterocycles. The normalized spacial score (nSPS) is 10.9. The molecule has 8 nitrogen and oxygen atoms in total. The molecular weight excluding hydrogens is 345 g/mol. The van der Waals surface area contributed by atoms with Crippen molar-refractivity contribution in [3.05, 3.63) is 42.0 Å². The Morgan fingerprint density at radius 2 is 1.92 bits per heavy atom. The molecule has 24 heavy (non-hydrogen) atoms. The zero-order valence-corrected chi connectivity index (χ0v) is 15.6. The zero-order chi connectivity index (χ0) is 17.0. The zero-order valence-electron chi connectivity index (χ0n) is 13.8. The summed E-state index contributed by atoms with van der Waals surface area (Å²) in [5, 5.41) is 26.0. The second-order valence-electron chi connectivity index (χ2n) is 4.32. The van der Waals surface area contributed by atoms with Gasteiger partial charge in [-0.25, -0.2) is 0 Å². The summed E-state index contributed by atoms with van der Waals surface area (Å²) < 4.78 is 36.4. The predicted octanol–water partition coefficient (Wildman–Crippen LogP) is 0.0511. The van der Waals surface area contributed by atoms with Gasteiger partial charge in [0, 0.05) is 0 Å². The summed E-state index contributed by atoms with van der Waals surface area (Å²) in [5.74, 6) is 0.0674. The third-order valence-electron chi connectivity index (χ3n) is 2.82. The van der Waals surface area contributed by atoms with Gasteiger partial charge in [0.15, 0.2) is 0 Å². The first-order chi connectivity index (χ1) is 10.8. The molecule has 0 heterocycles. The molecule has 0 fully saturated rings. The molecule has 0 aromatic heterocycles. The first-order valence-electron chi connectivity index (χ1n) is 6.15. The molecule has 2 rings (SSSR count). The Hall–Kier alpha value is -1.96. The molecular formula is C14H12N3NaO5S. The fraction of sp³-hybridized carbons (Fsp3) is 0.0714. The largest absolute Gasteiger partial charge is 1.00 e. The summed E-state index contributed by atoms with van der Waals surface area (Å²) in [7, 11) is -3.01. The number of methoxy groups -OCH3 is 1. The van der Waals surface area contributed by atoms with E-state index in [1.165, 1.54) is 37.4 Å². The van der Waals surface area contributed by atoms with E-state index in [9.17, 15) is 13.5 Å². The van der Waals surface area contributed by atoms with Gasteiger partial charge in [0.2, 0.25) is 0 Å². The molecule has 2 aromatic rings. The number of rotatable bonds is 4. The van der Waals surface area contributed by atoms with Crippen LogP contribution in [-0.4, -0.2) is 25.2 Å². The van der Waals surface area contributed by atoms with Gasteiger partial charge in [-0.1, -0.05) is 0 Å². The molecule has 0 amide bonds. The Morgan fingerprint density at radius 3 is 2.50 bits per heavy atom. The number of phenolic OH excluding ortho intramolecular Hbond substituents is 1. The summed E-state index contributed by atoms with van der Waals surface area (Å²) in [6, 6.07) is 9.43. The van der Waals surface area contributed by atoms with Crippen LogP contribution in [0.1, 0.15) is 6.99 Å². The minimum atomic E-state index is -4.38. The van der Waals surface area contributed by atoms with Gasteiger partial charge >= 0.3 is 29.6 Å². The molecule has 0 aliphatic carbocycles.